The van der Waals surface area contributed by atoms with Gasteiger partial charge in [0.1, 0.15) is 0 Å². The zero-order valence-electron chi connectivity index (χ0n) is 15.8. The molecule has 146 valence electrons. The molecule has 1 aromatic heterocycles. The number of hydrogen-bond acceptors (Lipinski definition) is 5. The van der Waals surface area contributed by atoms with Gasteiger partial charge in [0, 0.05) is 5.56 Å². The van der Waals surface area contributed by atoms with Gasteiger partial charge in [0.2, 0.25) is 0 Å². The highest BCUT2D eigenvalue weighted by molar-refractivity contribution is 6.00. The van der Waals surface area contributed by atoms with Crippen molar-refractivity contribution in [1.82, 2.24) is 15.5 Å². The lowest BCUT2D eigenvalue weighted by Gasteiger charge is -2.16. The van der Waals surface area contributed by atoms with E-state index >= 15 is 0 Å². The number of amides is 1. The molecule has 1 amide bonds. The summed E-state index contributed by atoms with van der Waals surface area (Å²) in [6.07, 6.45) is 2.00. The number of aromatic nitrogens is 2. The van der Waals surface area contributed by atoms with Gasteiger partial charge in [-0.2, -0.15) is 5.10 Å². The molecule has 1 heterocycles. The minimum atomic E-state index is -0.400. The highest BCUT2D eigenvalue weighted by Gasteiger charge is 2.20. The number of rotatable bonds is 8. The van der Waals surface area contributed by atoms with Crippen molar-refractivity contribution in [3.8, 4) is 22.8 Å². The van der Waals surface area contributed by atoms with Crippen LogP contribution in [-0.4, -0.2) is 48.1 Å². The number of aliphatic hydroxyl groups excluding tert-OH is 1. The van der Waals surface area contributed by atoms with Crippen molar-refractivity contribution in [3.05, 3.63) is 65.9 Å². The largest absolute Gasteiger partial charge is 0.493 e. The quantitative estimate of drug-likeness (QED) is 0.557. The van der Waals surface area contributed by atoms with Crippen LogP contribution in [0.15, 0.2) is 54.7 Å². The molecule has 0 radical (unpaired) electrons. The Kier molecular flexibility index (Phi) is 6.29. The average molecular weight is 381 g/mol. The Morgan fingerprint density at radius 3 is 2.57 bits per heavy atom. The molecule has 28 heavy (non-hydrogen) atoms. The Morgan fingerprint density at radius 2 is 1.89 bits per heavy atom. The van der Waals surface area contributed by atoms with Gasteiger partial charge in [-0.3, -0.25) is 9.89 Å². The molecule has 0 fully saturated rings. The maximum absolute atomic E-state index is 12.8. The minimum Gasteiger partial charge on any atom is -0.493 e. The molecule has 3 rings (SSSR count). The summed E-state index contributed by atoms with van der Waals surface area (Å²) in [6, 6.07) is 14.7. The van der Waals surface area contributed by atoms with Crippen molar-refractivity contribution < 1.29 is 19.4 Å². The molecule has 3 aromatic rings. The number of aliphatic hydroxyl groups is 1. The van der Waals surface area contributed by atoms with Crippen LogP contribution in [0, 0.1) is 0 Å². The number of benzene rings is 2. The summed E-state index contributed by atoms with van der Waals surface area (Å²) in [5.74, 6) is 0.840. The van der Waals surface area contributed by atoms with Gasteiger partial charge in [0.05, 0.1) is 44.3 Å². The Bertz CT molecular complexity index is 924. The third kappa shape index (κ3) is 4.32. The Morgan fingerprint density at radius 1 is 1.14 bits per heavy atom. The van der Waals surface area contributed by atoms with Gasteiger partial charge in [-0.05, 0) is 30.2 Å². The van der Waals surface area contributed by atoms with E-state index in [1.807, 2.05) is 36.4 Å². The minimum absolute atomic E-state index is 0.163. The molecule has 7 heteroatoms. The second-order valence-corrected chi connectivity index (χ2v) is 6.27. The van der Waals surface area contributed by atoms with Crippen LogP contribution < -0.4 is 14.8 Å². The van der Waals surface area contributed by atoms with Crippen LogP contribution in [0.3, 0.4) is 0 Å². The van der Waals surface area contributed by atoms with E-state index in [-0.39, 0.29) is 12.5 Å². The molecule has 0 unspecified atom stereocenters. The molecule has 2 aromatic carbocycles. The van der Waals surface area contributed by atoms with Gasteiger partial charge >= 0.3 is 0 Å². The van der Waals surface area contributed by atoms with E-state index in [1.165, 1.54) is 6.20 Å². The van der Waals surface area contributed by atoms with Crippen molar-refractivity contribution in [2.24, 2.45) is 0 Å². The van der Waals surface area contributed by atoms with Gasteiger partial charge in [-0.15, -0.1) is 0 Å². The predicted molar refractivity (Wildman–Crippen MR) is 106 cm³/mol. The third-order valence-corrected chi connectivity index (χ3v) is 4.44. The first-order valence-electron chi connectivity index (χ1n) is 8.87. The summed E-state index contributed by atoms with van der Waals surface area (Å²) in [5.41, 5.74) is 2.73. The van der Waals surface area contributed by atoms with Crippen LogP contribution in [0.25, 0.3) is 11.3 Å². The molecule has 7 nitrogen and oxygen atoms in total. The molecule has 0 aliphatic rings. The summed E-state index contributed by atoms with van der Waals surface area (Å²) >= 11 is 0. The van der Waals surface area contributed by atoms with Gasteiger partial charge in [-0.1, -0.05) is 30.3 Å². The summed E-state index contributed by atoms with van der Waals surface area (Å²) in [7, 11) is 3.12. The predicted octanol–water partition coefficient (Wildman–Crippen LogP) is 2.43. The number of ether oxygens (including phenoxy) is 2. The monoisotopic (exact) mass is 381 g/mol. The van der Waals surface area contributed by atoms with Crippen LogP contribution in [0.5, 0.6) is 11.5 Å². The number of nitrogens with one attached hydrogen (secondary N) is 2. The second kappa shape index (κ2) is 9.05. The smallest absolute Gasteiger partial charge is 0.255 e. The van der Waals surface area contributed by atoms with Crippen LogP contribution in [0.1, 0.15) is 15.9 Å². The van der Waals surface area contributed by atoms with Crippen LogP contribution in [0.4, 0.5) is 0 Å². The van der Waals surface area contributed by atoms with Gasteiger partial charge in [0.25, 0.3) is 5.91 Å². The highest BCUT2D eigenvalue weighted by atomic mass is 16.5. The normalized spacial score (nSPS) is 11.7. The number of carbonyl (C=O) groups excluding carboxylic acids is 1. The fraction of sp³-hybridized carbons (Fsp3) is 0.238. The SMILES string of the molecule is COc1ccc(-c2[nH]ncc2C(=O)N[C@@H](CO)Cc2ccccc2)cc1OC. The first-order chi connectivity index (χ1) is 13.7. The molecule has 1 atom stereocenters. The fourth-order valence-corrected chi connectivity index (χ4v) is 2.99. The summed E-state index contributed by atoms with van der Waals surface area (Å²) in [5, 5.41) is 19.4. The number of aromatic amines is 1. The Hall–Kier alpha value is -3.32. The van der Waals surface area contributed by atoms with Crippen LogP contribution in [0.2, 0.25) is 0 Å². The molecule has 0 aliphatic heterocycles. The number of nitrogens with zero attached hydrogens (tertiary/aromatic N) is 1. The lowest BCUT2D eigenvalue weighted by atomic mass is 10.0. The highest BCUT2D eigenvalue weighted by Crippen LogP contribution is 2.32. The maximum Gasteiger partial charge on any atom is 0.255 e. The van der Waals surface area contributed by atoms with Crippen molar-refractivity contribution in [2.45, 2.75) is 12.5 Å². The van der Waals surface area contributed by atoms with Gasteiger partial charge in [0.15, 0.2) is 11.5 Å². The summed E-state index contributed by atoms with van der Waals surface area (Å²) < 4.78 is 10.6. The van der Waals surface area contributed by atoms with Crippen molar-refractivity contribution in [3.63, 3.8) is 0 Å². The fourth-order valence-electron chi connectivity index (χ4n) is 2.99. The van der Waals surface area contributed by atoms with Gasteiger partial charge in [-0.25, -0.2) is 0 Å². The first kappa shape index (κ1) is 19.4. The number of carbonyl (C=O) groups is 1. The maximum atomic E-state index is 12.8. The zero-order chi connectivity index (χ0) is 19.9. The van der Waals surface area contributed by atoms with Crippen molar-refractivity contribution in [1.29, 1.82) is 0 Å². The van der Waals surface area contributed by atoms with Crippen molar-refractivity contribution >= 4 is 5.91 Å². The van der Waals surface area contributed by atoms with E-state index in [0.717, 1.165) is 11.1 Å². The Labute approximate surface area is 163 Å². The lowest BCUT2D eigenvalue weighted by molar-refractivity contribution is 0.0917. The molecule has 0 aliphatic carbocycles. The van der Waals surface area contributed by atoms with E-state index < -0.39 is 6.04 Å². The van der Waals surface area contributed by atoms with Crippen LogP contribution in [-0.2, 0) is 6.42 Å². The molecule has 0 saturated heterocycles. The molecule has 0 spiro atoms. The van der Waals surface area contributed by atoms with E-state index in [2.05, 4.69) is 15.5 Å². The molecular formula is C21H23N3O4. The first-order valence-corrected chi connectivity index (χ1v) is 8.87. The molecule has 0 bridgehead atoms. The molecular weight excluding hydrogens is 358 g/mol. The van der Waals surface area contributed by atoms with E-state index in [9.17, 15) is 9.90 Å². The average Bonchev–Trinajstić information content (AvgIpc) is 3.23. The lowest BCUT2D eigenvalue weighted by Crippen LogP contribution is -2.39. The van der Waals surface area contributed by atoms with Crippen molar-refractivity contribution in [2.75, 3.05) is 20.8 Å². The molecule has 3 N–H and O–H groups in total. The number of H-pyrrole nitrogens is 1. The third-order valence-electron chi connectivity index (χ3n) is 4.44. The summed E-state index contributed by atoms with van der Waals surface area (Å²) in [6.45, 7) is -0.163. The second-order valence-electron chi connectivity index (χ2n) is 6.27. The van der Waals surface area contributed by atoms with Gasteiger partial charge < -0.3 is 19.9 Å². The number of hydrogen-bond donors (Lipinski definition) is 3. The van der Waals surface area contributed by atoms with E-state index in [1.54, 1.807) is 26.4 Å². The van der Waals surface area contributed by atoms with Crippen LogP contribution >= 0.6 is 0 Å². The standard InChI is InChI=1S/C21H23N3O4/c1-27-18-9-8-15(11-19(18)28-2)20-17(12-22-24-20)21(26)23-16(13-25)10-14-6-4-3-5-7-14/h3-9,11-12,16,25H,10,13H2,1-2H3,(H,22,24)(H,23,26)/t16-/m1/s1. The van der Waals surface area contributed by atoms with E-state index in [4.69, 9.17) is 9.47 Å². The number of methoxy groups -OCH3 is 2. The topological polar surface area (TPSA) is 96.5 Å². The van der Waals surface area contributed by atoms with E-state index in [0.29, 0.717) is 29.2 Å². The Balaban J connectivity index is 1.79. The zero-order valence-corrected chi connectivity index (χ0v) is 15.8. The molecule has 0 saturated carbocycles. The summed E-state index contributed by atoms with van der Waals surface area (Å²) in [4.78, 5) is 12.8.